The highest BCUT2D eigenvalue weighted by molar-refractivity contribution is 9.10. The molecule has 3 rings (SSSR count). The Labute approximate surface area is 162 Å². The van der Waals surface area contributed by atoms with Crippen LogP contribution in [0.3, 0.4) is 0 Å². The molecule has 1 aliphatic rings. The summed E-state index contributed by atoms with van der Waals surface area (Å²) in [6.45, 7) is 0.396. The van der Waals surface area contributed by atoms with E-state index >= 15 is 0 Å². The van der Waals surface area contributed by atoms with E-state index in [0.29, 0.717) is 12.2 Å². The Bertz CT molecular complexity index is 828. The Morgan fingerprint density at radius 1 is 1.15 bits per heavy atom. The van der Waals surface area contributed by atoms with Gasteiger partial charge in [-0.2, -0.15) is 0 Å². The van der Waals surface area contributed by atoms with Crippen LogP contribution in [-0.4, -0.2) is 32.0 Å². The van der Waals surface area contributed by atoms with Crippen LogP contribution in [0.5, 0.6) is 11.5 Å². The van der Waals surface area contributed by atoms with E-state index < -0.39 is 12.1 Å². The molecule has 0 aliphatic carbocycles. The average molecular weight is 445 g/mol. The number of carbonyl (C=O) groups is 1. The van der Waals surface area contributed by atoms with E-state index in [1.54, 1.807) is 11.0 Å². The molecule has 2 aromatic rings. The monoisotopic (exact) mass is 444 g/mol. The number of alkyl halides is 3. The predicted molar refractivity (Wildman–Crippen MR) is 98.2 cm³/mol. The molecule has 1 saturated heterocycles. The third-order valence-electron chi connectivity index (χ3n) is 3.98. The fraction of sp³-hybridized carbons (Fsp3) is 0.278. The summed E-state index contributed by atoms with van der Waals surface area (Å²) >= 11 is 3.35. The summed E-state index contributed by atoms with van der Waals surface area (Å²) in [5, 5.41) is 3.08. The zero-order chi connectivity index (χ0) is 19.6. The molecule has 144 valence electrons. The highest BCUT2D eigenvalue weighted by Gasteiger charge is 2.33. The lowest BCUT2D eigenvalue weighted by Crippen LogP contribution is -2.27. The first-order valence-electron chi connectivity index (χ1n) is 8.01. The van der Waals surface area contributed by atoms with Crippen molar-refractivity contribution in [1.29, 1.82) is 0 Å². The number of nitrogens with zero attached hydrogens (tertiary/aromatic N) is 1. The maximum atomic E-state index is 12.5. The molecular formula is C18H16BrF3N2O3. The summed E-state index contributed by atoms with van der Waals surface area (Å²) in [5.41, 5.74) is 1.14. The second kappa shape index (κ2) is 7.67. The first kappa shape index (κ1) is 19.3. The van der Waals surface area contributed by atoms with Gasteiger partial charge in [0.05, 0.1) is 13.2 Å². The maximum Gasteiger partial charge on any atom is 0.573 e. The number of hydrogen-bond donors (Lipinski definition) is 1. The van der Waals surface area contributed by atoms with Crippen LogP contribution in [0, 0.1) is 0 Å². The molecule has 0 bridgehead atoms. The third kappa shape index (κ3) is 5.06. The van der Waals surface area contributed by atoms with E-state index in [-0.39, 0.29) is 24.1 Å². The summed E-state index contributed by atoms with van der Waals surface area (Å²) in [5.74, 6) is -0.240. The molecule has 1 aliphatic heterocycles. The van der Waals surface area contributed by atoms with Crippen molar-refractivity contribution >= 4 is 33.2 Å². The lowest BCUT2D eigenvalue weighted by Gasteiger charge is -2.19. The van der Waals surface area contributed by atoms with Gasteiger partial charge in [-0.15, -0.1) is 13.2 Å². The molecule has 1 heterocycles. The van der Waals surface area contributed by atoms with Gasteiger partial charge >= 0.3 is 6.36 Å². The van der Waals surface area contributed by atoms with E-state index in [1.165, 1.54) is 13.2 Å². The van der Waals surface area contributed by atoms with E-state index in [2.05, 4.69) is 26.0 Å². The van der Waals surface area contributed by atoms with Gasteiger partial charge in [0.25, 0.3) is 0 Å². The molecule has 1 N–H and O–H groups in total. The number of benzene rings is 2. The van der Waals surface area contributed by atoms with Crippen LogP contribution < -0.4 is 19.7 Å². The van der Waals surface area contributed by atoms with Crippen molar-refractivity contribution in [2.45, 2.75) is 18.8 Å². The van der Waals surface area contributed by atoms with Gasteiger partial charge in [-0.05, 0) is 24.3 Å². The number of carbonyl (C=O) groups excluding carboxylic acids is 1. The van der Waals surface area contributed by atoms with Gasteiger partial charge in [-0.25, -0.2) is 0 Å². The van der Waals surface area contributed by atoms with Crippen LogP contribution in [0.15, 0.2) is 46.9 Å². The van der Waals surface area contributed by atoms with Crippen LogP contribution >= 0.6 is 15.9 Å². The molecule has 0 radical (unpaired) electrons. The number of methoxy groups -OCH3 is 1. The molecule has 9 heteroatoms. The fourth-order valence-electron chi connectivity index (χ4n) is 2.88. The number of ether oxygens (including phenoxy) is 2. The van der Waals surface area contributed by atoms with E-state index in [1.807, 2.05) is 24.3 Å². The van der Waals surface area contributed by atoms with Gasteiger partial charge < -0.3 is 19.7 Å². The van der Waals surface area contributed by atoms with Gasteiger partial charge in [0, 0.05) is 47.0 Å². The first-order chi connectivity index (χ1) is 12.7. The molecule has 0 aromatic heterocycles. The summed E-state index contributed by atoms with van der Waals surface area (Å²) in [4.78, 5) is 14.0. The lowest BCUT2D eigenvalue weighted by atomic mass is 10.2. The summed E-state index contributed by atoms with van der Waals surface area (Å²) in [6, 6.07) is 11.0. The zero-order valence-corrected chi connectivity index (χ0v) is 15.8. The molecule has 1 fully saturated rings. The number of rotatable bonds is 5. The van der Waals surface area contributed by atoms with Crippen molar-refractivity contribution in [1.82, 2.24) is 0 Å². The minimum absolute atomic E-state index is 0.0653. The van der Waals surface area contributed by atoms with Gasteiger partial charge in [-0.1, -0.05) is 15.9 Å². The summed E-state index contributed by atoms with van der Waals surface area (Å²) in [6.07, 6.45) is -4.58. The average Bonchev–Trinajstić information content (AvgIpc) is 2.94. The largest absolute Gasteiger partial charge is 0.573 e. The lowest BCUT2D eigenvalue weighted by molar-refractivity contribution is -0.274. The van der Waals surface area contributed by atoms with Gasteiger partial charge in [-0.3, -0.25) is 4.79 Å². The quantitative estimate of drug-likeness (QED) is 0.733. The smallest absolute Gasteiger partial charge is 0.497 e. The molecule has 0 saturated carbocycles. The van der Waals surface area contributed by atoms with E-state index in [4.69, 9.17) is 4.74 Å². The number of nitrogens with one attached hydrogen (secondary N) is 1. The van der Waals surface area contributed by atoms with Crippen molar-refractivity contribution in [3.63, 3.8) is 0 Å². The number of amides is 1. The molecule has 5 nitrogen and oxygen atoms in total. The Balaban J connectivity index is 1.74. The highest BCUT2D eigenvalue weighted by Crippen LogP contribution is 2.32. The van der Waals surface area contributed by atoms with Crippen LogP contribution in [0.2, 0.25) is 0 Å². The Morgan fingerprint density at radius 2 is 1.81 bits per heavy atom. The zero-order valence-electron chi connectivity index (χ0n) is 14.2. The molecular weight excluding hydrogens is 429 g/mol. The van der Waals surface area contributed by atoms with Crippen molar-refractivity contribution in [2.75, 3.05) is 23.9 Å². The summed E-state index contributed by atoms with van der Waals surface area (Å²) in [7, 11) is 1.35. The predicted octanol–water partition coefficient (Wildman–Crippen LogP) is 4.57. The summed E-state index contributed by atoms with van der Waals surface area (Å²) < 4.78 is 47.4. The number of halogens is 4. The normalized spacial score (nSPS) is 17.1. The van der Waals surface area contributed by atoms with Crippen molar-refractivity contribution in [3.05, 3.63) is 46.9 Å². The minimum atomic E-state index is -4.80. The Kier molecular flexibility index (Phi) is 5.50. The molecule has 1 atom stereocenters. The Hall–Kier alpha value is -2.42. The molecule has 1 unspecified atom stereocenters. The highest BCUT2D eigenvalue weighted by atomic mass is 79.9. The standard InChI is InChI=1S/C18H16BrF3N2O3/c1-26-15-6-12(7-16(9-15)27-18(20,21)22)23-13-8-17(25)24(10-13)14-4-2-11(19)3-5-14/h2-7,9,13,23H,8,10H2,1H3. The van der Waals surface area contributed by atoms with Gasteiger partial charge in [0.1, 0.15) is 11.5 Å². The van der Waals surface area contributed by atoms with Crippen molar-refractivity contribution < 1.29 is 27.4 Å². The van der Waals surface area contributed by atoms with Gasteiger partial charge in [0.15, 0.2) is 0 Å². The van der Waals surface area contributed by atoms with E-state index in [9.17, 15) is 18.0 Å². The van der Waals surface area contributed by atoms with Gasteiger partial charge in [0.2, 0.25) is 5.91 Å². The molecule has 0 spiro atoms. The Morgan fingerprint density at radius 3 is 2.44 bits per heavy atom. The fourth-order valence-corrected chi connectivity index (χ4v) is 3.14. The van der Waals surface area contributed by atoms with Crippen LogP contribution in [-0.2, 0) is 4.79 Å². The van der Waals surface area contributed by atoms with Crippen LogP contribution in [0.4, 0.5) is 24.5 Å². The van der Waals surface area contributed by atoms with E-state index in [0.717, 1.165) is 16.2 Å². The number of hydrogen-bond acceptors (Lipinski definition) is 4. The molecule has 27 heavy (non-hydrogen) atoms. The molecule has 1 amide bonds. The first-order valence-corrected chi connectivity index (χ1v) is 8.80. The second-order valence-electron chi connectivity index (χ2n) is 5.97. The SMILES string of the molecule is COc1cc(NC2CC(=O)N(c3ccc(Br)cc3)C2)cc(OC(F)(F)F)c1. The van der Waals surface area contributed by atoms with Crippen molar-refractivity contribution in [3.8, 4) is 11.5 Å². The minimum Gasteiger partial charge on any atom is -0.497 e. The van der Waals surface area contributed by atoms with Crippen molar-refractivity contribution in [2.24, 2.45) is 0 Å². The number of anilines is 2. The van der Waals surface area contributed by atoms with Crippen LogP contribution in [0.25, 0.3) is 0 Å². The second-order valence-corrected chi connectivity index (χ2v) is 6.89. The molecule has 2 aromatic carbocycles. The van der Waals surface area contributed by atoms with Crippen LogP contribution in [0.1, 0.15) is 6.42 Å². The third-order valence-corrected chi connectivity index (χ3v) is 4.51. The topological polar surface area (TPSA) is 50.8 Å². The maximum absolute atomic E-state index is 12.5.